The van der Waals surface area contributed by atoms with Crippen LogP contribution in [-0.2, 0) is 19.4 Å². The second kappa shape index (κ2) is 11.8. The average molecular weight is 490 g/mol. The zero-order valence-electron chi connectivity index (χ0n) is 20.6. The normalized spacial score (nSPS) is 18.8. The van der Waals surface area contributed by atoms with Crippen LogP contribution in [0.2, 0.25) is 0 Å². The molecule has 1 nitrogen and oxygen atoms in total. The summed E-state index contributed by atoms with van der Waals surface area (Å²) in [5.41, 5.74) is -0.288. The van der Waals surface area contributed by atoms with Gasteiger partial charge in [-0.2, -0.15) is 26.3 Å². The lowest BCUT2D eigenvalue weighted by Gasteiger charge is -2.49. The van der Waals surface area contributed by atoms with E-state index in [1.54, 1.807) is 0 Å². The maximum absolute atomic E-state index is 13.7. The topological polar surface area (TPSA) is 12.0 Å². The lowest BCUT2D eigenvalue weighted by atomic mass is 9.59. The van der Waals surface area contributed by atoms with Crippen molar-refractivity contribution in [1.82, 2.24) is 5.32 Å². The summed E-state index contributed by atoms with van der Waals surface area (Å²) in [6.45, 7) is 8.24. The predicted molar refractivity (Wildman–Crippen MR) is 126 cm³/mol. The Morgan fingerprint density at radius 3 is 2.18 bits per heavy atom. The molecule has 1 aromatic carbocycles. The van der Waals surface area contributed by atoms with Crippen LogP contribution in [0.1, 0.15) is 76.5 Å². The van der Waals surface area contributed by atoms with E-state index in [1.165, 1.54) is 37.0 Å². The van der Waals surface area contributed by atoms with Gasteiger partial charge >= 0.3 is 12.4 Å². The van der Waals surface area contributed by atoms with Crippen molar-refractivity contribution in [2.45, 2.75) is 91.5 Å². The van der Waals surface area contributed by atoms with Crippen molar-refractivity contribution in [2.75, 3.05) is 6.54 Å². The van der Waals surface area contributed by atoms with Crippen molar-refractivity contribution >= 4 is 0 Å². The van der Waals surface area contributed by atoms with Crippen molar-refractivity contribution in [3.63, 3.8) is 0 Å². The van der Waals surface area contributed by atoms with Crippen molar-refractivity contribution < 1.29 is 26.3 Å². The fraction of sp³-hybridized carbons (Fsp3) is 0.630. The Labute approximate surface area is 199 Å². The fourth-order valence-corrected chi connectivity index (χ4v) is 5.13. The molecule has 1 unspecified atom stereocenters. The van der Waals surface area contributed by atoms with Gasteiger partial charge in [-0.1, -0.05) is 63.1 Å². The van der Waals surface area contributed by atoms with Crippen LogP contribution >= 0.6 is 0 Å². The van der Waals surface area contributed by atoms with Gasteiger partial charge in [-0.05, 0) is 73.6 Å². The van der Waals surface area contributed by atoms with Crippen LogP contribution in [0.5, 0.6) is 0 Å². The number of allylic oxidation sites excluding steroid dienone is 3. The number of hydrogen-bond acceptors (Lipinski definition) is 1. The van der Waals surface area contributed by atoms with E-state index in [4.69, 9.17) is 0 Å². The minimum atomic E-state index is -5.38. The van der Waals surface area contributed by atoms with Crippen LogP contribution in [-0.4, -0.2) is 18.9 Å². The molecule has 0 aromatic heterocycles. The molecule has 1 N–H and O–H groups in total. The summed E-state index contributed by atoms with van der Waals surface area (Å²) < 4.78 is 81.9. The molecule has 7 heteroatoms. The maximum Gasteiger partial charge on any atom is 0.407 e. The van der Waals surface area contributed by atoms with Crippen molar-refractivity contribution in [2.24, 2.45) is 11.3 Å². The Bertz CT molecular complexity index is 849. The predicted octanol–water partition coefficient (Wildman–Crippen LogP) is 8.48. The van der Waals surface area contributed by atoms with Gasteiger partial charge in [0, 0.05) is 13.1 Å². The summed E-state index contributed by atoms with van der Waals surface area (Å²) in [4.78, 5) is 0. The SMILES string of the molecule is C/C=C\C1=C(C(CCC)CNCc2ccc3c(c2)CCCC3)CC1(C(F)(F)F)C(F)(F)F.CC. The van der Waals surface area contributed by atoms with Gasteiger partial charge in [0.15, 0.2) is 5.41 Å². The number of hydrogen-bond donors (Lipinski definition) is 1. The van der Waals surface area contributed by atoms with Gasteiger partial charge in [-0.25, -0.2) is 0 Å². The number of aryl methyl sites for hydroxylation is 2. The Hall–Kier alpha value is -1.76. The highest BCUT2D eigenvalue weighted by molar-refractivity contribution is 5.47. The molecule has 0 amide bonds. The molecule has 1 atom stereocenters. The maximum atomic E-state index is 13.7. The van der Waals surface area contributed by atoms with E-state index in [9.17, 15) is 26.3 Å². The third-order valence-corrected chi connectivity index (χ3v) is 6.83. The second-order valence-corrected chi connectivity index (χ2v) is 8.94. The number of alkyl halides is 6. The molecule has 0 fully saturated rings. The molecular weight excluding hydrogens is 452 g/mol. The average Bonchev–Trinajstić information content (AvgIpc) is 2.76. The van der Waals surface area contributed by atoms with Gasteiger partial charge in [-0.15, -0.1) is 0 Å². The number of fused-ring (bicyclic) bond motifs is 1. The van der Waals surface area contributed by atoms with Gasteiger partial charge in [0.1, 0.15) is 0 Å². The van der Waals surface area contributed by atoms with Gasteiger partial charge < -0.3 is 5.32 Å². The largest absolute Gasteiger partial charge is 0.407 e. The summed E-state index contributed by atoms with van der Waals surface area (Å²) in [6.07, 6.45) is -3.76. The molecule has 192 valence electrons. The monoisotopic (exact) mass is 489 g/mol. The highest BCUT2D eigenvalue weighted by atomic mass is 19.4. The van der Waals surface area contributed by atoms with Crippen molar-refractivity contribution in [3.05, 3.63) is 58.2 Å². The minimum absolute atomic E-state index is 0.276. The summed E-state index contributed by atoms with van der Waals surface area (Å²) in [5.74, 6) is -0.360. The van der Waals surface area contributed by atoms with E-state index < -0.39 is 29.8 Å². The van der Waals surface area contributed by atoms with Crippen molar-refractivity contribution in [1.29, 1.82) is 0 Å². The first-order valence-electron chi connectivity index (χ1n) is 12.4. The van der Waals surface area contributed by atoms with E-state index in [2.05, 4.69) is 23.5 Å². The quantitative estimate of drug-likeness (QED) is 0.361. The number of halogens is 6. The van der Waals surface area contributed by atoms with Gasteiger partial charge in [0.25, 0.3) is 0 Å². The zero-order valence-corrected chi connectivity index (χ0v) is 20.6. The first kappa shape index (κ1) is 28.5. The molecule has 0 aliphatic heterocycles. The Morgan fingerprint density at radius 1 is 1.00 bits per heavy atom. The lowest BCUT2D eigenvalue weighted by molar-refractivity contribution is -0.332. The standard InChI is InChI=1S/C25H31F6N.C2H6/c1-3-7-20(16-32-15-17-11-12-18-9-5-6-10-19(18)13-17)21-14-23(24(26,27)28,25(29,30)31)22(21)8-4-2;1-2/h4,8,11-13,20,32H,3,5-7,9-10,14-16H2,1-2H3;1-2H3/b8-4-;. The summed E-state index contributed by atoms with van der Waals surface area (Å²) in [5, 5.41) is 3.29. The summed E-state index contributed by atoms with van der Waals surface area (Å²) in [6, 6.07) is 6.36. The fourth-order valence-electron chi connectivity index (χ4n) is 5.13. The van der Waals surface area contributed by atoms with Crippen LogP contribution in [0.25, 0.3) is 0 Å². The van der Waals surface area contributed by atoms with E-state index in [0.717, 1.165) is 24.5 Å². The molecule has 0 saturated carbocycles. The number of benzene rings is 1. The molecule has 3 rings (SSSR count). The van der Waals surface area contributed by atoms with Gasteiger partial charge in [0.05, 0.1) is 0 Å². The molecule has 0 saturated heterocycles. The molecular formula is C27H37F6N. The van der Waals surface area contributed by atoms with Crippen LogP contribution in [0.3, 0.4) is 0 Å². The van der Waals surface area contributed by atoms with Crippen LogP contribution < -0.4 is 5.32 Å². The summed E-state index contributed by atoms with van der Waals surface area (Å²) >= 11 is 0. The molecule has 0 heterocycles. The minimum Gasteiger partial charge on any atom is -0.312 e. The Balaban J connectivity index is 0.00000199. The highest BCUT2D eigenvalue weighted by Crippen LogP contribution is 2.66. The first-order chi connectivity index (χ1) is 16.0. The van der Waals surface area contributed by atoms with E-state index in [0.29, 0.717) is 25.9 Å². The molecule has 1 aromatic rings. The van der Waals surface area contributed by atoms with Crippen molar-refractivity contribution in [3.8, 4) is 0 Å². The first-order valence-corrected chi connectivity index (χ1v) is 12.4. The zero-order chi connectivity index (χ0) is 25.6. The molecule has 34 heavy (non-hydrogen) atoms. The molecule has 2 aliphatic rings. The van der Waals surface area contributed by atoms with Crippen LogP contribution in [0.4, 0.5) is 26.3 Å². The smallest absolute Gasteiger partial charge is 0.312 e. The third kappa shape index (κ3) is 5.72. The molecule has 0 spiro atoms. The third-order valence-electron chi connectivity index (χ3n) is 6.83. The lowest BCUT2D eigenvalue weighted by Crippen LogP contribution is -2.57. The highest BCUT2D eigenvalue weighted by Gasteiger charge is 2.76. The van der Waals surface area contributed by atoms with Crippen LogP contribution in [0.15, 0.2) is 41.5 Å². The summed E-state index contributed by atoms with van der Waals surface area (Å²) in [7, 11) is 0. The molecule has 2 aliphatic carbocycles. The van der Waals surface area contributed by atoms with E-state index in [-0.39, 0.29) is 11.5 Å². The molecule has 0 radical (unpaired) electrons. The number of nitrogens with one attached hydrogen (secondary N) is 1. The Morgan fingerprint density at radius 2 is 1.62 bits per heavy atom. The molecule has 0 bridgehead atoms. The Kier molecular flexibility index (Phi) is 9.87. The van der Waals surface area contributed by atoms with Gasteiger partial charge in [0.2, 0.25) is 0 Å². The second-order valence-electron chi connectivity index (χ2n) is 8.94. The van der Waals surface area contributed by atoms with E-state index >= 15 is 0 Å². The van der Waals surface area contributed by atoms with Crippen LogP contribution in [0, 0.1) is 11.3 Å². The van der Waals surface area contributed by atoms with E-state index in [1.807, 2.05) is 20.8 Å². The number of rotatable bonds is 8. The van der Waals surface area contributed by atoms with Gasteiger partial charge in [-0.3, -0.25) is 0 Å².